The van der Waals surface area contributed by atoms with Gasteiger partial charge in [0.05, 0.1) is 6.54 Å². The maximum absolute atomic E-state index is 4.36. The van der Waals surface area contributed by atoms with Crippen LogP contribution in [-0.2, 0) is 20.1 Å². The molecule has 20 heavy (non-hydrogen) atoms. The molecule has 1 N–H and O–H groups in total. The van der Waals surface area contributed by atoms with Crippen molar-refractivity contribution in [3.8, 4) is 0 Å². The second-order valence-electron chi connectivity index (χ2n) is 5.51. The molecule has 0 saturated carbocycles. The van der Waals surface area contributed by atoms with Gasteiger partial charge in [-0.05, 0) is 17.7 Å². The Morgan fingerprint density at radius 3 is 2.50 bits per heavy atom. The average Bonchev–Trinajstić information content (AvgIpc) is 2.82. The first-order valence-electron chi connectivity index (χ1n) is 7.06. The number of nitrogens with one attached hydrogen (secondary N) is 1. The largest absolute Gasteiger partial charge is 0.367 e. The SMILES string of the molecule is CC(C)NCc1ccc(N(C)Cc2nccn2C)cc1. The standard InChI is InChI=1S/C16H24N4/c1-13(2)18-11-14-5-7-15(8-6-14)20(4)12-16-17-9-10-19(16)3/h5-10,13,18H,11-12H2,1-4H3. The quantitative estimate of drug-likeness (QED) is 0.877. The number of aromatic nitrogens is 2. The van der Waals surface area contributed by atoms with Crippen molar-refractivity contribution in [2.75, 3.05) is 11.9 Å². The molecule has 4 heteroatoms. The predicted octanol–water partition coefficient (Wildman–Crippen LogP) is 2.55. The van der Waals surface area contributed by atoms with E-state index in [9.17, 15) is 0 Å². The van der Waals surface area contributed by atoms with Gasteiger partial charge < -0.3 is 14.8 Å². The predicted molar refractivity (Wildman–Crippen MR) is 83.7 cm³/mol. The van der Waals surface area contributed by atoms with Crippen LogP contribution in [-0.4, -0.2) is 22.6 Å². The van der Waals surface area contributed by atoms with Crippen LogP contribution in [0.1, 0.15) is 25.2 Å². The van der Waals surface area contributed by atoms with Crippen LogP contribution in [0.5, 0.6) is 0 Å². The van der Waals surface area contributed by atoms with Crippen LogP contribution >= 0.6 is 0 Å². The highest BCUT2D eigenvalue weighted by atomic mass is 15.2. The van der Waals surface area contributed by atoms with Crippen LogP contribution in [0.2, 0.25) is 0 Å². The van der Waals surface area contributed by atoms with Gasteiger partial charge >= 0.3 is 0 Å². The van der Waals surface area contributed by atoms with E-state index in [1.807, 2.05) is 19.4 Å². The lowest BCUT2D eigenvalue weighted by Gasteiger charge is -2.19. The van der Waals surface area contributed by atoms with Crippen LogP contribution in [0.3, 0.4) is 0 Å². The molecule has 1 heterocycles. The van der Waals surface area contributed by atoms with Crippen molar-refractivity contribution in [2.24, 2.45) is 7.05 Å². The van der Waals surface area contributed by atoms with E-state index < -0.39 is 0 Å². The van der Waals surface area contributed by atoms with E-state index in [-0.39, 0.29) is 0 Å². The summed E-state index contributed by atoms with van der Waals surface area (Å²) in [6, 6.07) is 9.21. The topological polar surface area (TPSA) is 33.1 Å². The molecule has 1 aromatic carbocycles. The molecule has 4 nitrogen and oxygen atoms in total. The van der Waals surface area contributed by atoms with Crippen LogP contribution in [0.15, 0.2) is 36.7 Å². The minimum absolute atomic E-state index is 0.515. The van der Waals surface area contributed by atoms with E-state index in [0.29, 0.717) is 6.04 Å². The van der Waals surface area contributed by atoms with E-state index in [1.54, 1.807) is 0 Å². The fraction of sp³-hybridized carbons (Fsp3) is 0.438. The van der Waals surface area contributed by atoms with Gasteiger partial charge in [0.15, 0.2) is 0 Å². The molecule has 0 unspecified atom stereocenters. The van der Waals surface area contributed by atoms with Crippen LogP contribution in [0.25, 0.3) is 0 Å². The number of aryl methyl sites for hydroxylation is 1. The molecule has 0 bridgehead atoms. The van der Waals surface area contributed by atoms with Crippen molar-refractivity contribution in [3.05, 3.63) is 48.0 Å². The molecule has 0 spiro atoms. The highest BCUT2D eigenvalue weighted by Crippen LogP contribution is 2.16. The van der Waals surface area contributed by atoms with E-state index in [0.717, 1.165) is 18.9 Å². The van der Waals surface area contributed by atoms with E-state index >= 15 is 0 Å². The number of anilines is 1. The zero-order valence-corrected chi connectivity index (χ0v) is 12.8. The number of hydrogen-bond acceptors (Lipinski definition) is 3. The minimum Gasteiger partial charge on any atom is -0.367 e. The lowest BCUT2D eigenvalue weighted by molar-refractivity contribution is 0.589. The highest BCUT2D eigenvalue weighted by molar-refractivity contribution is 5.46. The molecule has 0 amide bonds. The second-order valence-corrected chi connectivity index (χ2v) is 5.51. The van der Waals surface area contributed by atoms with Gasteiger partial charge in [0.25, 0.3) is 0 Å². The third-order valence-corrected chi connectivity index (χ3v) is 3.39. The fourth-order valence-corrected chi connectivity index (χ4v) is 2.04. The number of rotatable bonds is 6. The second kappa shape index (κ2) is 6.57. The van der Waals surface area contributed by atoms with Crippen LogP contribution in [0.4, 0.5) is 5.69 Å². The maximum Gasteiger partial charge on any atom is 0.127 e. The molecule has 0 aliphatic carbocycles. The summed E-state index contributed by atoms with van der Waals surface area (Å²) in [6.45, 7) is 6.05. The number of imidazole rings is 1. The summed E-state index contributed by atoms with van der Waals surface area (Å²) >= 11 is 0. The lowest BCUT2D eigenvalue weighted by Crippen LogP contribution is -2.22. The lowest BCUT2D eigenvalue weighted by atomic mass is 10.2. The van der Waals surface area contributed by atoms with Crippen molar-refractivity contribution in [1.82, 2.24) is 14.9 Å². The van der Waals surface area contributed by atoms with Crippen molar-refractivity contribution in [2.45, 2.75) is 33.0 Å². The van der Waals surface area contributed by atoms with Gasteiger partial charge in [-0.2, -0.15) is 0 Å². The summed E-state index contributed by atoms with van der Waals surface area (Å²) in [5.41, 5.74) is 2.52. The zero-order valence-electron chi connectivity index (χ0n) is 12.8. The summed E-state index contributed by atoms with van der Waals surface area (Å²) in [4.78, 5) is 6.57. The Morgan fingerprint density at radius 1 is 1.25 bits per heavy atom. The Morgan fingerprint density at radius 2 is 1.95 bits per heavy atom. The Balaban J connectivity index is 1.97. The summed E-state index contributed by atoms with van der Waals surface area (Å²) in [5, 5.41) is 3.43. The Bertz CT molecular complexity index is 528. The van der Waals surface area contributed by atoms with Gasteiger partial charge in [-0.15, -0.1) is 0 Å². The molecule has 1 aromatic heterocycles. The minimum atomic E-state index is 0.515. The Labute approximate surface area is 121 Å². The van der Waals surface area contributed by atoms with Crippen LogP contribution < -0.4 is 10.2 Å². The number of hydrogen-bond donors (Lipinski definition) is 1. The molecular weight excluding hydrogens is 248 g/mol. The average molecular weight is 272 g/mol. The third kappa shape index (κ3) is 3.84. The molecule has 0 fully saturated rings. The molecule has 2 rings (SSSR count). The molecule has 108 valence electrons. The summed E-state index contributed by atoms with van der Waals surface area (Å²) in [7, 11) is 4.12. The van der Waals surface area contributed by atoms with Crippen molar-refractivity contribution < 1.29 is 0 Å². The molecule has 0 aliphatic rings. The monoisotopic (exact) mass is 272 g/mol. The fourth-order valence-electron chi connectivity index (χ4n) is 2.04. The van der Waals surface area contributed by atoms with Gasteiger partial charge in [-0.3, -0.25) is 0 Å². The van der Waals surface area contributed by atoms with E-state index in [2.05, 4.69) is 64.9 Å². The van der Waals surface area contributed by atoms with Gasteiger partial charge in [-0.25, -0.2) is 4.98 Å². The Kier molecular flexibility index (Phi) is 4.79. The molecule has 0 aliphatic heterocycles. The van der Waals surface area contributed by atoms with Crippen LogP contribution in [0, 0.1) is 0 Å². The molecule has 0 radical (unpaired) electrons. The first-order chi connectivity index (χ1) is 9.56. The molecule has 2 aromatic rings. The van der Waals surface area contributed by atoms with Crippen molar-refractivity contribution in [1.29, 1.82) is 0 Å². The first kappa shape index (κ1) is 14.6. The van der Waals surface area contributed by atoms with Gasteiger partial charge in [0, 0.05) is 44.8 Å². The van der Waals surface area contributed by atoms with Crippen molar-refractivity contribution >= 4 is 5.69 Å². The van der Waals surface area contributed by atoms with Gasteiger partial charge in [0.2, 0.25) is 0 Å². The van der Waals surface area contributed by atoms with E-state index in [1.165, 1.54) is 11.3 Å². The van der Waals surface area contributed by atoms with Gasteiger partial charge in [-0.1, -0.05) is 26.0 Å². The smallest absolute Gasteiger partial charge is 0.127 e. The van der Waals surface area contributed by atoms with Crippen molar-refractivity contribution in [3.63, 3.8) is 0 Å². The Hall–Kier alpha value is -1.81. The summed E-state index contributed by atoms with van der Waals surface area (Å²) in [6.07, 6.45) is 3.81. The third-order valence-electron chi connectivity index (χ3n) is 3.39. The number of benzene rings is 1. The maximum atomic E-state index is 4.36. The van der Waals surface area contributed by atoms with Gasteiger partial charge in [0.1, 0.15) is 5.82 Å². The van der Waals surface area contributed by atoms with E-state index in [4.69, 9.17) is 0 Å². The molecule has 0 atom stereocenters. The zero-order chi connectivity index (χ0) is 14.5. The molecule has 0 saturated heterocycles. The first-order valence-corrected chi connectivity index (χ1v) is 7.06. The summed E-state index contributed by atoms with van der Waals surface area (Å²) in [5.74, 6) is 1.07. The summed E-state index contributed by atoms with van der Waals surface area (Å²) < 4.78 is 2.05. The normalized spacial score (nSPS) is 11.1. The molecular formula is C16H24N4. The number of nitrogens with zero attached hydrogens (tertiary/aromatic N) is 3. The highest BCUT2D eigenvalue weighted by Gasteiger charge is 2.05.